The summed E-state index contributed by atoms with van der Waals surface area (Å²) in [6.07, 6.45) is 1.55. The van der Waals surface area contributed by atoms with E-state index >= 15 is 0 Å². The molecule has 1 heterocycles. The molecule has 1 N–H and O–H groups in total. The maximum Gasteiger partial charge on any atom is 0.280 e. The Balaban J connectivity index is 1.75. The van der Waals surface area contributed by atoms with Gasteiger partial charge in [0.05, 0.1) is 18.4 Å². The lowest BCUT2D eigenvalue weighted by Crippen LogP contribution is -2.17. The molecule has 0 unspecified atom stereocenters. The second kappa shape index (κ2) is 8.31. The van der Waals surface area contributed by atoms with Crippen LogP contribution in [0.15, 0.2) is 75.3 Å². The van der Waals surface area contributed by atoms with Crippen LogP contribution in [-0.4, -0.2) is 23.1 Å². The topological polar surface area (TPSA) is 83.2 Å². The van der Waals surface area contributed by atoms with Crippen molar-refractivity contribution in [3.63, 3.8) is 0 Å². The zero-order chi connectivity index (χ0) is 21.1. The van der Waals surface area contributed by atoms with Gasteiger partial charge < -0.3 is 4.74 Å². The van der Waals surface area contributed by atoms with E-state index in [0.717, 1.165) is 33.1 Å². The number of aromatic amines is 1. The Morgan fingerprint density at radius 1 is 1.17 bits per heavy atom. The SMILES string of the molecule is COc1cc(SC#N)ccc1N=Cc1c(C)[nH]n(-c2cccc3ccccc23)c1=O. The number of hydrogen-bond acceptors (Lipinski definition) is 5. The molecule has 0 spiro atoms. The molecule has 0 amide bonds. The molecule has 6 nitrogen and oxygen atoms in total. The number of H-pyrrole nitrogens is 1. The summed E-state index contributed by atoms with van der Waals surface area (Å²) in [6.45, 7) is 1.84. The number of aryl methyl sites for hydroxylation is 1. The first-order valence-electron chi connectivity index (χ1n) is 9.20. The number of nitrogens with zero attached hydrogens (tertiary/aromatic N) is 3. The van der Waals surface area contributed by atoms with Crippen molar-refractivity contribution < 1.29 is 4.74 Å². The van der Waals surface area contributed by atoms with Gasteiger partial charge in [0, 0.05) is 22.2 Å². The van der Waals surface area contributed by atoms with Crippen LogP contribution in [0, 0.1) is 17.6 Å². The monoisotopic (exact) mass is 414 g/mol. The van der Waals surface area contributed by atoms with Gasteiger partial charge in [0.2, 0.25) is 0 Å². The average Bonchev–Trinajstić information content (AvgIpc) is 3.05. The van der Waals surface area contributed by atoms with Crippen molar-refractivity contribution in [2.75, 3.05) is 7.11 Å². The Labute approximate surface area is 177 Å². The van der Waals surface area contributed by atoms with Gasteiger partial charge in [0.1, 0.15) is 16.8 Å². The fraction of sp³-hybridized carbons (Fsp3) is 0.0870. The minimum Gasteiger partial charge on any atom is -0.494 e. The van der Waals surface area contributed by atoms with Crippen molar-refractivity contribution in [3.8, 4) is 16.8 Å². The third-order valence-electron chi connectivity index (χ3n) is 4.77. The van der Waals surface area contributed by atoms with Gasteiger partial charge in [-0.15, -0.1) is 0 Å². The van der Waals surface area contributed by atoms with Gasteiger partial charge in [0.15, 0.2) is 0 Å². The smallest absolute Gasteiger partial charge is 0.280 e. The van der Waals surface area contributed by atoms with Gasteiger partial charge in [-0.2, -0.15) is 5.26 Å². The molecule has 0 bridgehead atoms. The Morgan fingerprint density at radius 2 is 1.97 bits per heavy atom. The van der Waals surface area contributed by atoms with Crippen LogP contribution in [0.3, 0.4) is 0 Å². The number of benzene rings is 3. The van der Waals surface area contributed by atoms with Crippen molar-refractivity contribution >= 4 is 34.4 Å². The van der Waals surface area contributed by atoms with E-state index in [4.69, 9.17) is 10.00 Å². The number of rotatable bonds is 5. The molecule has 4 rings (SSSR count). The molecule has 0 fully saturated rings. The highest BCUT2D eigenvalue weighted by atomic mass is 32.2. The van der Waals surface area contributed by atoms with Crippen molar-refractivity contribution in [2.45, 2.75) is 11.8 Å². The van der Waals surface area contributed by atoms with Crippen LogP contribution >= 0.6 is 11.8 Å². The van der Waals surface area contributed by atoms with Gasteiger partial charge in [-0.05, 0) is 48.3 Å². The van der Waals surface area contributed by atoms with Crippen LogP contribution in [0.25, 0.3) is 16.5 Å². The number of fused-ring (bicyclic) bond motifs is 1. The van der Waals surface area contributed by atoms with Crippen LogP contribution in [0.1, 0.15) is 11.3 Å². The molecule has 7 heteroatoms. The number of ether oxygens (including phenoxy) is 1. The quantitative estimate of drug-likeness (QED) is 0.284. The van der Waals surface area contributed by atoms with Crippen molar-refractivity contribution in [2.24, 2.45) is 4.99 Å². The first kappa shape index (κ1) is 19.6. The molecule has 30 heavy (non-hydrogen) atoms. The Morgan fingerprint density at radius 3 is 2.77 bits per heavy atom. The predicted octanol–water partition coefficient (Wildman–Crippen LogP) is 4.96. The number of aromatic nitrogens is 2. The lowest BCUT2D eigenvalue weighted by Gasteiger charge is -2.06. The third kappa shape index (κ3) is 3.61. The maximum absolute atomic E-state index is 13.1. The van der Waals surface area contributed by atoms with Crippen LogP contribution < -0.4 is 10.3 Å². The van der Waals surface area contributed by atoms with E-state index in [1.54, 1.807) is 36.2 Å². The number of methoxy groups -OCH3 is 1. The fourth-order valence-electron chi connectivity index (χ4n) is 3.30. The Bertz CT molecular complexity index is 1360. The summed E-state index contributed by atoms with van der Waals surface area (Å²) >= 11 is 1.05. The summed E-state index contributed by atoms with van der Waals surface area (Å²) in [5, 5.41) is 16.1. The Kier molecular flexibility index (Phi) is 5.42. The normalized spacial score (nSPS) is 11.1. The molecule has 0 saturated heterocycles. The van der Waals surface area contributed by atoms with Crippen LogP contribution in [-0.2, 0) is 0 Å². The first-order chi connectivity index (χ1) is 14.6. The summed E-state index contributed by atoms with van der Waals surface area (Å²) in [6, 6.07) is 19.1. The van der Waals surface area contributed by atoms with E-state index in [9.17, 15) is 4.79 Å². The van der Waals surface area contributed by atoms with Crippen LogP contribution in [0.4, 0.5) is 5.69 Å². The average molecular weight is 414 g/mol. The summed E-state index contributed by atoms with van der Waals surface area (Å²) < 4.78 is 6.92. The van der Waals surface area contributed by atoms with E-state index in [1.807, 2.05) is 54.8 Å². The summed E-state index contributed by atoms with van der Waals surface area (Å²) in [5.41, 5.74) is 2.38. The van der Waals surface area contributed by atoms with Gasteiger partial charge in [-0.3, -0.25) is 14.9 Å². The number of nitriles is 1. The second-order valence-corrected chi connectivity index (χ2v) is 7.43. The van der Waals surface area contributed by atoms with Gasteiger partial charge in [-0.1, -0.05) is 36.4 Å². The summed E-state index contributed by atoms with van der Waals surface area (Å²) in [4.78, 5) is 18.4. The first-order valence-corrected chi connectivity index (χ1v) is 10.0. The van der Waals surface area contributed by atoms with E-state index < -0.39 is 0 Å². The third-order valence-corrected chi connectivity index (χ3v) is 5.35. The highest BCUT2D eigenvalue weighted by Crippen LogP contribution is 2.32. The molecule has 0 radical (unpaired) electrons. The zero-order valence-electron chi connectivity index (χ0n) is 16.4. The molecule has 0 atom stereocenters. The summed E-state index contributed by atoms with van der Waals surface area (Å²) in [7, 11) is 1.55. The molecule has 0 saturated carbocycles. The lowest BCUT2D eigenvalue weighted by atomic mass is 10.1. The van der Waals surface area contributed by atoms with Gasteiger partial charge >= 0.3 is 0 Å². The number of hydrogen-bond donors (Lipinski definition) is 1. The fourth-order valence-corrected chi connectivity index (χ4v) is 3.71. The van der Waals surface area contributed by atoms with Crippen molar-refractivity contribution in [1.82, 2.24) is 9.78 Å². The molecule has 0 aliphatic heterocycles. The highest BCUT2D eigenvalue weighted by Gasteiger charge is 2.13. The maximum atomic E-state index is 13.1. The van der Waals surface area contributed by atoms with Crippen molar-refractivity contribution in [3.05, 3.63) is 82.3 Å². The summed E-state index contributed by atoms with van der Waals surface area (Å²) in [5.74, 6) is 0.536. The number of aliphatic imine (C=N–C) groups is 1. The molecule has 0 aliphatic rings. The zero-order valence-corrected chi connectivity index (χ0v) is 17.2. The van der Waals surface area contributed by atoms with E-state index in [0.29, 0.717) is 22.7 Å². The van der Waals surface area contributed by atoms with Crippen LogP contribution in [0.5, 0.6) is 5.75 Å². The molecule has 4 aromatic rings. The molecular weight excluding hydrogens is 396 g/mol. The van der Waals surface area contributed by atoms with E-state index in [1.165, 1.54) is 0 Å². The van der Waals surface area contributed by atoms with Gasteiger partial charge in [0.25, 0.3) is 5.56 Å². The van der Waals surface area contributed by atoms with E-state index in [2.05, 4.69) is 10.1 Å². The number of nitrogens with one attached hydrogen (secondary N) is 1. The van der Waals surface area contributed by atoms with Gasteiger partial charge in [-0.25, -0.2) is 4.68 Å². The molecule has 148 valence electrons. The Hall–Kier alpha value is -3.76. The molecule has 1 aromatic heterocycles. The molecule has 0 aliphatic carbocycles. The molecule has 3 aromatic carbocycles. The second-order valence-electron chi connectivity index (χ2n) is 6.57. The number of thiocyanates is 1. The lowest BCUT2D eigenvalue weighted by molar-refractivity contribution is 0.415. The minimum atomic E-state index is -0.178. The molecular formula is C23H18N4O2S. The number of thioether (sulfide) groups is 1. The van der Waals surface area contributed by atoms with Crippen LogP contribution in [0.2, 0.25) is 0 Å². The van der Waals surface area contributed by atoms with E-state index in [-0.39, 0.29) is 5.56 Å². The highest BCUT2D eigenvalue weighted by molar-refractivity contribution is 8.03. The minimum absolute atomic E-state index is 0.178. The predicted molar refractivity (Wildman–Crippen MR) is 120 cm³/mol. The van der Waals surface area contributed by atoms with Crippen molar-refractivity contribution in [1.29, 1.82) is 5.26 Å². The largest absolute Gasteiger partial charge is 0.494 e. The standard InChI is InChI=1S/C23H18N4O2S/c1-15-19(13-25-20-11-10-17(30-14-24)12-22(20)29-2)23(28)27(26-15)21-9-5-7-16-6-3-4-8-18(16)21/h3-13,26H,1-2H3.